The molecule has 45 heavy (non-hydrogen) atoms. The molecular weight excluding hydrogens is 617 g/mol. The van der Waals surface area contributed by atoms with Crippen LogP contribution in [0, 0.1) is 0 Å². The lowest BCUT2D eigenvalue weighted by molar-refractivity contribution is -0.140. The highest BCUT2D eigenvalue weighted by molar-refractivity contribution is 6.30. The number of methoxy groups -OCH3 is 2. The molecule has 1 aliphatic rings. The number of carbonyl (C=O) groups excluding carboxylic acids is 2. The summed E-state index contributed by atoms with van der Waals surface area (Å²) in [7, 11) is 2.52. The standard InChI is InChI=1S/C32H38ClF3N2O7/c1-20-26(27(21-11-10-12-22(33)17-21)28(30(40)43-3)29(38-20)32(34,35)36)31(41)44-16-9-5-4-8-15-37-18-23(39)19-45-25-14-7-6-13-24(25)42-2/h6-7,10-14,17,23,27,37-39H,4-5,8-9,15-16,18-19H2,1-3H3. The zero-order valence-electron chi connectivity index (χ0n) is 25.3. The van der Waals surface area contributed by atoms with E-state index in [4.69, 9.17) is 30.5 Å². The van der Waals surface area contributed by atoms with E-state index in [1.54, 1.807) is 19.2 Å². The minimum absolute atomic E-state index is 0.0354. The Morgan fingerprint density at radius 1 is 1.00 bits per heavy atom. The van der Waals surface area contributed by atoms with Gasteiger partial charge in [-0.25, -0.2) is 9.59 Å². The molecule has 0 saturated heterocycles. The summed E-state index contributed by atoms with van der Waals surface area (Å²) in [5.74, 6) is -2.35. The molecule has 1 aliphatic heterocycles. The van der Waals surface area contributed by atoms with Crippen molar-refractivity contribution in [1.29, 1.82) is 0 Å². The number of hydrogen-bond acceptors (Lipinski definition) is 9. The zero-order chi connectivity index (χ0) is 33.0. The molecule has 0 saturated carbocycles. The summed E-state index contributed by atoms with van der Waals surface area (Å²) in [6, 6.07) is 13.1. The maximum Gasteiger partial charge on any atom is 0.431 e. The van der Waals surface area contributed by atoms with E-state index in [0.717, 1.165) is 26.4 Å². The molecule has 9 nitrogen and oxygen atoms in total. The van der Waals surface area contributed by atoms with E-state index in [9.17, 15) is 27.9 Å². The number of nitrogens with one attached hydrogen (secondary N) is 2. The van der Waals surface area contributed by atoms with Gasteiger partial charge in [-0.15, -0.1) is 0 Å². The molecule has 2 atom stereocenters. The fraction of sp³-hybridized carbons (Fsp3) is 0.438. The lowest BCUT2D eigenvalue weighted by atomic mass is 9.80. The van der Waals surface area contributed by atoms with E-state index in [2.05, 4.69) is 10.6 Å². The summed E-state index contributed by atoms with van der Waals surface area (Å²) in [4.78, 5) is 25.9. The van der Waals surface area contributed by atoms with Crippen LogP contribution in [0.4, 0.5) is 13.2 Å². The van der Waals surface area contributed by atoms with Crippen LogP contribution < -0.4 is 20.1 Å². The van der Waals surface area contributed by atoms with Crippen LogP contribution >= 0.6 is 11.6 Å². The van der Waals surface area contributed by atoms with Crippen LogP contribution in [0.25, 0.3) is 0 Å². The van der Waals surface area contributed by atoms with Crippen LogP contribution in [-0.2, 0) is 19.1 Å². The monoisotopic (exact) mass is 654 g/mol. The first kappa shape index (κ1) is 35.7. The van der Waals surface area contributed by atoms with Crippen LogP contribution in [0.2, 0.25) is 5.02 Å². The van der Waals surface area contributed by atoms with Crippen molar-refractivity contribution >= 4 is 23.5 Å². The average Bonchev–Trinajstić information content (AvgIpc) is 3.01. The van der Waals surface area contributed by atoms with Gasteiger partial charge < -0.3 is 34.7 Å². The fourth-order valence-corrected chi connectivity index (χ4v) is 5.07. The van der Waals surface area contributed by atoms with Gasteiger partial charge in [0.25, 0.3) is 0 Å². The van der Waals surface area contributed by atoms with Gasteiger partial charge in [-0.2, -0.15) is 13.2 Å². The maximum absolute atomic E-state index is 14.0. The number of allylic oxidation sites excluding steroid dienone is 2. The largest absolute Gasteiger partial charge is 0.493 e. The van der Waals surface area contributed by atoms with Gasteiger partial charge in [-0.05, 0) is 56.1 Å². The highest BCUT2D eigenvalue weighted by Gasteiger charge is 2.47. The van der Waals surface area contributed by atoms with Crippen LogP contribution in [0.15, 0.2) is 71.1 Å². The Bertz CT molecular complexity index is 1380. The number of esters is 2. The number of unbranched alkanes of at least 4 members (excludes halogenated alkanes) is 3. The molecule has 1 heterocycles. The van der Waals surface area contributed by atoms with Crippen molar-refractivity contribution in [2.45, 2.75) is 50.8 Å². The number of para-hydroxylation sites is 2. The number of benzene rings is 2. The number of ether oxygens (including phenoxy) is 4. The molecule has 246 valence electrons. The van der Waals surface area contributed by atoms with Crippen molar-refractivity contribution in [2.24, 2.45) is 0 Å². The zero-order valence-corrected chi connectivity index (χ0v) is 26.1. The van der Waals surface area contributed by atoms with E-state index in [1.165, 1.54) is 31.2 Å². The summed E-state index contributed by atoms with van der Waals surface area (Å²) >= 11 is 6.11. The van der Waals surface area contributed by atoms with E-state index in [-0.39, 0.29) is 35.1 Å². The van der Waals surface area contributed by atoms with Gasteiger partial charge in [0, 0.05) is 17.3 Å². The van der Waals surface area contributed by atoms with E-state index < -0.39 is 41.4 Å². The quantitative estimate of drug-likeness (QED) is 0.161. The Kier molecular flexibility index (Phi) is 13.6. The molecule has 2 aromatic rings. The number of aliphatic hydroxyl groups excluding tert-OH is 1. The molecule has 3 N–H and O–H groups in total. The van der Waals surface area contributed by atoms with E-state index >= 15 is 0 Å². The molecule has 0 aliphatic carbocycles. The topological polar surface area (TPSA) is 115 Å². The van der Waals surface area contributed by atoms with Gasteiger partial charge in [0.1, 0.15) is 18.4 Å². The van der Waals surface area contributed by atoms with E-state index in [1.807, 2.05) is 12.1 Å². The number of hydrogen-bond donors (Lipinski definition) is 3. The van der Waals surface area contributed by atoms with E-state index in [0.29, 0.717) is 31.0 Å². The van der Waals surface area contributed by atoms with Crippen molar-refractivity contribution in [3.05, 3.63) is 81.7 Å². The molecule has 2 unspecified atom stereocenters. The first-order chi connectivity index (χ1) is 21.5. The molecule has 0 amide bonds. The second kappa shape index (κ2) is 17.1. The number of halogens is 4. The van der Waals surface area contributed by atoms with Crippen molar-refractivity contribution < 1.29 is 46.8 Å². The molecule has 0 spiro atoms. The van der Waals surface area contributed by atoms with Crippen molar-refractivity contribution in [2.75, 3.05) is 40.5 Å². The van der Waals surface area contributed by atoms with Crippen molar-refractivity contribution in [3.8, 4) is 11.5 Å². The van der Waals surface area contributed by atoms with Gasteiger partial charge in [0.2, 0.25) is 0 Å². The molecule has 0 radical (unpaired) electrons. The minimum Gasteiger partial charge on any atom is -0.493 e. The molecular formula is C32H38ClF3N2O7. The smallest absolute Gasteiger partial charge is 0.431 e. The molecule has 2 aromatic carbocycles. The first-order valence-electron chi connectivity index (χ1n) is 14.4. The normalized spacial score (nSPS) is 15.8. The van der Waals surface area contributed by atoms with Gasteiger partial charge in [-0.1, -0.05) is 48.7 Å². The van der Waals surface area contributed by atoms with Crippen LogP contribution in [0.5, 0.6) is 11.5 Å². The summed E-state index contributed by atoms with van der Waals surface area (Å²) < 4.78 is 63.0. The van der Waals surface area contributed by atoms with Gasteiger partial charge >= 0.3 is 18.1 Å². The highest BCUT2D eigenvalue weighted by atomic mass is 35.5. The van der Waals surface area contributed by atoms with Crippen molar-refractivity contribution in [1.82, 2.24) is 10.6 Å². The molecule has 0 fully saturated rings. The van der Waals surface area contributed by atoms with Crippen LogP contribution in [0.1, 0.15) is 44.1 Å². The second-order valence-corrected chi connectivity index (χ2v) is 10.7. The highest BCUT2D eigenvalue weighted by Crippen LogP contribution is 2.43. The number of aliphatic hydroxyl groups is 1. The third-order valence-corrected chi connectivity index (χ3v) is 7.25. The van der Waals surface area contributed by atoms with Crippen LogP contribution in [-0.4, -0.2) is 69.8 Å². The summed E-state index contributed by atoms with van der Waals surface area (Å²) in [6.45, 7) is 2.48. The minimum atomic E-state index is -4.92. The summed E-state index contributed by atoms with van der Waals surface area (Å²) in [5, 5.41) is 15.8. The lowest BCUT2D eigenvalue weighted by Crippen LogP contribution is -2.38. The average molecular weight is 655 g/mol. The van der Waals surface area contributed by atoms with Gasteiger partial charge in [-0.3, -0.25) is 0 Å². The molecule has 0 aromatic heterocycles. The summed E-state index contributed by atoms with van der Waals surface area (Å²) in [5.41, 5.74) is -2.08. The van der Waals surface area contributed by atoms with Crippen LogP contribution in [0.3, 0.4) is 0 Å². The maximum atomic E-state index is 14.0. The van der Waals surface area contributed by atoms with Crippen molar-refractivity contribution in [3.63, 3.8) is 0 Å². The summed E-state index contributed by atoms with van der Waals surface area (Å²) in [6.07, 6.45) is -2.75. The molecule has 3 rings (SSSR count). The predicted octanol–water partition coefficient (Wildman–Crippen LogP) is 5.43. The fourth-order valence-electron chi connectivity index (χ4n) is 4.87. The Labute approximate surface area is 265 Å². The Morgan fingerprint density at radius 3 is 2.38 bits per heavy atom. The molecule has 13 heteroatoms. The number of rotatable bonds is 16. The Hall–Kier alpha value is -3.74. The van der Waals surface area contributed by atoms with Gasteiger partial charge in [0.15, 0.2) is 11.5 Å². The predicted molar refractivity (Wildman–Crippen MR) is 162 cm³/mol. The number of alkyl halides is 3. The molecule has 0 bridgehead atoms. The third-order valence-electron chi connectivity index (χ3n) is 7.02. The van der Waals surface area contributed by atoms with Gasteiger partial charge in [0.05, 0.1) is 37.9 Å². The third kappa shape index (κ3) is 10.1. The first-order valence-corrected chi connectivity index (χ1v) is 14.8. The number of carbonyl (C=O) groups is 2. The number of dihydropyridines is 1. The second-order valence-electron chi connectivity index (χ2n) is 10.3. The Morgan fingerprint density at radius 2 is 1.71 bits per heavy atom. The lowest BCUT2D eigenvalue weighted by Gasteiger charge is -2.32. The SMILES string of the molecule is COC(=O)C1=C(C(F)(F)F)NC(C)=C(C(=O)OCCCCCCNCC(O)COc2ccccc2OC)C1c1cccc(Cl)c1. The Balaban J connectivity index is 1.49.